The Balaban J connectivity index is 1.94. The number of carbonyl (C=O) groups excluding carboxylic acids is 1. The smallest absolute Gasteiger partial charge is 0.224 e. The van der Waals surface area contributed by atoms with Crippen molar-refractivity contribution in [3.05, 3.63) is 29.6 Å². The average Bonchev–Trinajstić information content (AvgIpc) is 2.16. The summed E-state index contributed by atoms with van der Waals surface area (Å²) in [5, 5.41) is 5.69. The third kappa shape index (κ3) is 2.58. The number of halogens is 1. The van der Waals surface area contributed by atoms with E-state index in [0.717, 1.165) is 18.7 Å². The minimum atomic E-state index is -0.375. The molecule has 3 nitrogen and oxygen atoms in total. The first kappa shape index (κ1) is 11.1. The molecule has 0 aromatic heterocycles. The third-order valence-electron chi connectivity index (χ3n) is 2.74. The van der Waals surface area contributed by atoms with Crippen molar-refractivity contribution in [3.63, 3.8) is 0 Å². The van der Waals surface area contributed by atoms with Gasteiger partial charge in [0.05, 0.1) is 5.69 Å². The van der Waals surface area contributed by atoms with E-state index in [2.05, 4.69) is 10.6 Å². The summed E-state index contributed by atoms with van der Waals surface area (Å²) in [7, 11) is 0. The molecular weight excluding hydrogens is 207 g/mol. The monoisotopic (exact) mass is 222 g/mol. The maximum atomic E-state index is 13.4. The Kier molecular flexibility index (Phi) is 3.19. The Labute approximate surface area is 94.0 Å². The molecule has 0 aliphatic carbocycles. The van der Waals surface area contributed by atoms with Gasteiger partial charge in [-0.1, -0.05) is 6.07 Å². The van der Waals surface area contributed by atoms with E-state index in [1.807, 2.05) is 6.92 Å². The molecular formula is C12H15FN2O. The standard InChI is InChI=1S/C12H15FN2O/c1-8-2-3-11(10(13)4-8)15-12(16)5-9-6-14-7-9/h2-4,9,14H,5-7H2,1H3,(H,15,16). The van der Waals surface area contributed by atoms with Crippen molar-refractivity contribution < 1.29 is 9.18 Å². The summed E-state index contributed by atoms with van der Waals surface area (Å²) in [6.45, 7) is 3.57. The fourth-order valence-corrected chi connectivity index (χ4v) is 1.68. The van der Waals surface area contributed by atoms with Gasteiger partial charge in [0.2, 0.25) is 5.91 Å². The molecule has 0 unspecified atom stereocenters. The first-order chi connectivity index (χ1) is 7.65. The number of amides is 1. The van der Waals surface area contributed by atoms with Gasteiger partial charge < -0.3 is 10.6 Å². The topological polar surface area (TPSA) is 41.1 Å². The van der Waals surface area contributed by atoms with Crippen LogP contribution in [0.2, 0.25) is 0 Å². The van der Waals surface area contributed by atoms with E-state index < -0.39 is 0 Å². The lowest BCUT2D eigenvalue weighted by molar-refractivity contribution is -0.117. The molecule has 1 saturated heterocycles. The van der Waals surface area contributed by atoms with E-state index >= 15 is 0 Å². The molecule has 1 aliphatic heterocycles. The summed E-state index contributed by atoms with van der Waals surface area (Å²) in [6.07, 6.45) is 0.459. The molecule has 1 aromatic rings. The third-order valence-corrected chi connectivity index (χ3v) is 2.74. The van der Waals surface area contributed by atoms with Gasteiger partial charge >= 0.3 is 0 Å². The van der Waals surface area contributed by atoms with Crippen LogP contribution in [0.5, 0.6) is 0 Å². The predicted molar refractivity (Wildman–Crippen MR) is 60.7 cm³/mol. The summed E-state index contributed by atoms with van der Waals surface area (Å²) in [4.78, 5) is 11.5. The van der Waals surface area contributed by atoms with E-state index in [1.54, 1.807) is 12.1 Å². The molecule has 1 fully saturated rings. The lowest BCUT2D eigenvalue weighted by Crippen LogP contribution is -2.43. The quantitative estimate of drug-likeness (QED) is 0.817. The summed E-state index contributed by atoms with van der Waals surface area (Å²) < 4.78 is 13.4. The van der Waals surface area contributed by atoms with E-state index in [0.29, 0.717) is 12.3 Å². The van der Waals surface area contributed by atoms with Crippen LogP contribution in [0, 0.1) is 18.7 Å². The lowest BCUT2D eigenvalue weighted by Gasteiger charge is -2.26. The summed E-state index contributed by atoms with van der Waals surface area (Å²) >= 11 is 0. The van der Waals surface area contributed by atoms with Crippen LogP contribution >= 0.6 is 0 Å². The molecule has 1 aliphatic rings. The first-order valence-corrected chi connectivity index (χ1v) is 5.42. The minimum Gasteiger partial charge on any atom is -0.324 e. The zero-order chi connectivity index (χ0) is 11.5. The molecule has 4 heteroatoms. The largest absolute Gasteiger partial charge is 0.324 e. The second-order valence-electron chi connectivity index (χ2n) is 4.26. The Bertz CT molecular complexity index is 402. The van der Waals surface area contributed by atoms with Crippen LogP contribution in [0.15, 0.2) is 18.2 Å². The van der Waals surface area contributed by atoms with Crippen molar-refractivity contribution in [2.75, 3.05) is 18.4 Å². The van der Waals surface area contributed by atoms with Gasteiger partial charge in [0.15, 0.2) is 0 Å². The fraction of sp³-hybridized carbons (Fsp3) is 0.417. The van der Waals surface area contributed by atoms with Gasteiger partial charge in [-0.15, -0.1) is 0 Å². The molecule has 0 atom stereocenters. The van der Waals surface area contributed by atoms with Crippen LogP contribution in [0.4, 0.5) is 10.1 Å². The molecule has 0 spiro atoms. The van der Waals surface area contributed by atoms with Gasteiger partial charge in [-0.3, -0.25) is 4.79 Å². The van der Waals surface area contributed by atoms with Gasteiger partial charge in [-0.25, -0.2) is 4.39 Å². The Morgan fingerprint density at radius 2 is 2.31 bits per heavy atom. The molecule has 2 rings (SSSR count). The number of hydrogen-bond donors (Lipinski definition) is 2. The number of anilines is 1. The van der Waals surface area contributed by atoms with Crippen LogP contribution in [-0.4, -0.2) is 19.0 Å². The van der Waals surface area contributed by atoms with Gasteiger partial charge in [-0.2, -0.15) is 0 Å². The summed E-state index contributed by atoms with van der Waals surface area (Å²) in [6, 6.07) is 4.80. The molecule has 0 radical (unpaired) electrons. The zero-order valence-corrected chi connectivity index (χ0v) is 9.22. The molecule has 86 valence electrons. The number of nitrogens with one attached hydrogen (secondary N) is 2. The Hall–Kier alpha value is -1.42. The highest BCUT2D eigenvalue weighted by Gasteiger charge is 2.20. The Morgan fingerprint density at radius 3 is 2.88 bits per heavy atom. The maximum absolute atomic E-state index is 13.4. The van der Waals surface area contributed by atoms with Crippen molar-refractivity contribution in [1.29, 1.82) is 0 Å². The second-order valence-corrected chi connectivity index (χ2v) is 4.26. The first-order valence-electron chi connectivity index (χ1n) is 5.42. The number of aryl methyl sites for hydroxylation is 1. The zero-order valence-electron chi connectivity index (χ0n) is 9.22. The SMILES string of the molecule is Cc1ccc(NC(=O)CC2CNC2)c(F)c1. The molecule has 16 heavy (non-hydrogen) atoms. The highest BCUT2D eigenvalue weighted by molar-refractivity contribution is 5.91. The molecule has 1 heterocycles. The molecule has 1 amide bonds. The number of hydrogen-bond acceptors (Lipinski definition) is 2. The van der Waals surface area contributed by atoms with Crippen LogP contribution in [0.3, 0.4) is 0 Å². The molecule has 1 aromatic carbocycles. The molecule has 0 saturated carbocycles. The van der Waals surface area contributed by atoms with Gasteiger partial charge in [-0.05, 0) is 43.6 Å². The van der Waals surface area contributed by atoms with Crippen LogP contribution in [0.1, 0.15) is 12.0 Å². The van der Waals surface area contributed by atoms with Gasteiger partial charge in [0, 0.05) is 6.42 Å². The highest BCUT2D eigenvalue weighted by Crippen LogP contribution is 2.16. The van der Waals surface area contributed by atoms with E-state index in [9.17, 15) is 9.18 Å². The number of benzene rings is 1. The summed E-state index contributed by atoms with van der Waals surface area (Å²) in [5.74, 6) is -0.0946. The highest BCUT2D eigenvalue weighted by atomic mass is 19.1. The van der Waals surface area contributed by atoms with Gasteiger partial charge in [0.25, 0.3) is 0 Å². The van der Waals surface area contributed by atoms with Crippen LogP contribution in [-0.2, 0) is 4.79 Å². The molecule has 0 bridgehead atoms. The number of rotatable bonds is 3. The van der Waals surface area contributed by atoms with Crippen molar-refractivity contribution in [3.8, 4) is 0 Å². The van der Waals surface area contributed by atoms with Crippen molar-refractivity contribution >= 4 is 11.6 Å². The van der Waals surface area contributed by atoms with Crippen LogP contribution in [0.25, 0.3) is 0 Å². The van der Waals surface area contributed by atoms with Gasteiger partial charge in [0.1, 0.15) is 5.82 Å². The van der Waals surface area contributed by atoms with E-state index in [4.69, 9.17) is 0 Å². The van der Waals surface area contributed by atoms with Crippen LogP contribution < -0.4 is 10.6 Å². The predicted octanol–water partition coefficient (Wildman–Crippen LogP) is 1.68. The van der Waals surface area contributed by atoms with E-state index in [-0.39, 0.29) is 17.4 Å². The lowest BCUT2D eigenvalue weighted by atomic mass is 9.99. The average molecular weight is 222 g/mol. The molecule has 2 N–H and O–H groups in total. The summed E-state index contributed by atoms with van der Waals surface area (Å²) in [5.41, 5.74) is 1.11. The second kappa shape index (κ2) is 4.61. The minimum absolute atomic E-state index is 0.116. The van der Waals surface area contributed by atoms with Crippen molar-refractivity contribution in [1.82, 2.24) is 5.32 Å². The fourth-order valence-electron chi connectivity index (χ4n) is 1.68. The normalized spacial score (nSPS) is 15.6. The van der Waals surface area contributed by atoms with Crippen molar-refractivity contribution in [2.24, 2.45) is 5.92 Å². The number of carbonyl (C=O) groups is 1. The van der Waals surface area contributed by atoms with Crippen molar-refractivity contribution in [2.45, 2.75) is 13.3 Å². The maximum Gasteiger partial charge on any atom is 0.224 e. The van der Waals surface area contributed by atoms with E-state index in [1.165, 1.54) is 6.07 Å². The Morgan fingerprint density at radius 1 is 1.56 bits per heavy atom.